The molecule has 0 bridgehead atoms. The molecule has 29 heavy (non-hydrogen) atoms. The average Bonchev–Trinajstić information content (AvgIpc) is 3.04. The molecule has 4 rings (SSSR count). The van der Waals surface area contributed by atoms with Crippen molar-refractivity contribution in [3.8, 4) is 17.2 Å². The number of allylic oxidation sites excluding steroid dienone is 1. The van der Waals surface area contributed by atoms with Crippen LogP contribution in [0.1, 0.15) is 28.4 Å². The van der Waals surface area contributed by atoms with Gasteiger partial charge in [0.1, 0.15) is 29.7 Å². The molecule has 1 heterocycles. The van der Waals surface area contributed by atoms with Crippen molar-refractivity contribution >= 4 is 11.9 Å². The predicted octanol–water partition coefficient (Wildman–Crippen LogP) is 5.42. The number of carbonyl (C=O) groups excluding carboxylic acids is 1. The Kier molecular flexibility index (Phi) is 5.29. The second-order valence-corrected chi connectivity index (χ2v) is 6.45. The van der Waals surface area contributed by atoms with Crippen molar-refractivity contribution in [3.05, 3.63) is 95.0 Å². The molecule has 1 aliphatic rings. The lowest BCUT2D eigenvalue weighted by Gasteiger charge is -2.08. The molecule has 0 aliphatic carbocycles. The lowest BCUT2D eigenvalue weighted by molar-refractivity contribution is 0.101. The fraction of sp³-hybridized carbons (Fsp3) is 0.125. The number of ether oxygens (including phenoxy) is 3. The van der Waals surface area contributed by atoms with Gasteiger partial charge in [-0.2, -0.15) is 0 Å². The van der Waals surface area contributed by atoms with Gasteiger partial charge < -0.3 is 14.2 Å². The number of ketones is 1. The van der Waals surface area contributed by atoms with Crippen molar-refractivity contribution in [1.82, 2.24) is 0 Å². The molecule has 4 nitrogen and oxygen atoms in total. The maximum atomic E-state index is 13.7. The van der Waals surface area contributed by atoms with Gasteiger partial charge in [-0.05, 0) is 37.3 Å². The van der Waals surface area contributed by atoms with Crippen LogP contribution in [0.25, 0.3) is 6.08 Å². The van der Waals surface area contributed by atoms with Crippen LogP contribution in [-0.2, 0) is 6.61 Å². The summed E-state index contributed by atoms with van der Waals surface area (Å²) in [4.78, 5) is 12.7. The topological polar surface area (TPSA) is 44.8 Å². The molecule has 0 atom stereocenters. The van der Waals surface area contributed by atoms with Crippen molar-refractivity contribution < 1.29 is 23.4 Å². The molecule has 3 aromatic rings. The third kappa shape index (κ3) is 3.99. The van der Waals surface area contributed by atoms with E-state index in [4.69, 9.17) is 14.2 Å². The number of rotatable bonds is 6. The van der Waals surface area contributed by atoms with Crippen LogP contribution in [0.2, 0.25) is 0 Å². The van der Waals surface area contributed by atoms with Gasteiger partial charge >= 0.3 is 0 Å². The van der Waals surface area contributed by atoms with Crippen LogP contribution >= 0.6 is 0 Å². The number of fused-ring (bicyclic) bond motifs is 1. The first-order valence-electron chi connectivity index (χ1n) is 9.32. The molecule has 146 valence electrons. The molecule has 3 aromatic carbocycles. The smallest absolute Gasteiger partial charge is 0.231 e. The molecule has 0 saturated carbocycles. The minimum atomic E-state index is -0.321. The third-order valence-electron chi connectivity index (χ3n) is 4.50. The van der Waals surface area contributed by atoms with E-state index in [1.165, 1.54) is 6.07 Å². The Balaban J connectivity index is 1.54. The van der Waals surface area contributed by atoms with Crippen LogP contribution < -0.4 is 14.2 Å². The predicted molar refractivity (Wildman–Crippen MR) is 108 cm³/mol. The average molecular weight is 390 g/mol. The summed E-state index contributed by atoms with van der Waals surface area (Å²) in [7, 11) is 0. The van der Waals surface area contributed by atoms with Crippen molar-refractivity contribution in [2.45, 2.75) is 13.5 Å². The van der Waals surface area contributed by atoms with Gasteiger partial charge in [0.15, 0.2) is 5.76 Å². The fourth-order valence-corrected chi connectivity index (χ4v) is 3.06. The van der Waals surface area contributed by atoms with Gasteiger partial charge in [0.2, 0.25) is 5.78 Å². The second kappa shape index (κ2) is 8.19. The van der Waals surface area contributed by atoms with Gasteiger partial charge in [-0.25, -0.2) is 4.39 Å². The van der Waals surface area contributed by atoms with Crippen molar-refractivity contribution in [2.24, 2.45) is 0 Å². The second-order valence-electron chi connectivity index (χ2n) is 6.45. The van der Waals surface area contributed by atoms with E-state index in [-0.39, 0.29) is 24.0 Å². The largest absolute Gasteiger partial charge is 0.493 e. The SMILES string of the molecule is CCOc1ccccc1C=C1Oc2cc(OCc3ccccc3F)ccc2C1=O. The highest BCUT2D eigenvalue weighted by Crippen LogP contribution is 2.36. The van der Waals surface area contributed by atoms with Gasteiger partial charge in [-0.3, -0.25) is 4.79 Å². The molecule has 0 amide bonds. The number of Topliss-reactive ketones (excluding diaryl/α,β-unsaturated/α-hetero) is 1. The summed E-state index contributed by atoms with van der Waals surface area (Å²) in [5.41, 5.74) is 1.68. The zero-order chi connectivity index (χ0) is 20.2. The first-order chi connectivity index (χ1) is 14.2. The highest BCUT2D eigenvalue weighted by molar-refractivity contribution is 6.14. The first kappa shape index (κ1) is 18.7. The summed E-state index contributed by atoms with van der Waals surface area (Å²) >= 11 is 0. The minimum Gasteiger partial charge on any atom is -0.493 e. The van der Waals surface area contributed by atoms with E-state index in [0.717, 1.165) is 5.56 Å². The van der Waals surface area contributed by atoms with E-state index in [1.54, 1.807) is 42.5 Å². The van der Waals surface area contributed by atoms with E-state index < -0.39 is 0 Å². The summed E-state index contributed by atoms with van der Waals surface area (Å²) in [5.74, 6) is 1.30. The van der Waals surface area contributed by atoms with E-state index in [9.17, 15) is 9.18 Å². The summed E-state index contributed by atoms with van der Waals surface area (Å²) in [6.07, 6.45) is 1.67. The molecule has 0 radical (unpaired) electrons. The molecule has 5 heteroatoms. The lowest BCUT2D eigenvalue weighted by Crippen LogP contribution is -1.99. The molecule has 0 spiro atoms. The quantitative estimate of drug-likeness (QED) is 0.527. The molecule has 1 aliphatic heterocycles. The Hall–Kier alpha value is -3.60. The number of halogens is 1. The number of benzene rings is 3. The molecule has 0 unspecified atom stereocenters. The number of hydrogen-bond acceptors (Lipinski definition) is 4. The maximum Gasteiger partial charge on any atom is 0.231 e. The van der Waals surface area contributed by atoms with Crippen LogP contribution in [0.4, 0.5) is 4.39 Å². The Labute approximate surface area is 168 Å². The zero-order valence-corrected chi connectivity index (χ0v) is 15.9. The molecular weight excluding hydrogens is 371 g/mol. The van der Waals surface area contributed by atoms with Crippen molar-refractivity contribution in [1.29, 1.82) is 0 Å². The van der Waals surface area contributed by atoms with E-state index >= 15 is 0 Å². The highest BCUT2D eigenvalue weighted by atomic mass is 19.1. The van der Waals surface area contributed by atoms with Crippen LogP contribution in [0.15, 0.2) is 72.5 Å². The summed E-state index contributed by atoms with van der Waals surface area (Å²) in [5, 5.41) is 0. The summed E-state index contributed by atoms with van der Waals surface area (Å²) < 4.78 is 30.8. The third-order valence-corrected chi connectivity index (χ3v) is 4.50. The maximum absolute atomic E-state index is 13.7. The van der Waals surface area contributed by atoms with Crippen LogP contribution in [0.5, 0.6) is 17.2 Å². The normalized spacial score (nSPS) is 13.9. The van der Waals surface area contributed by atoms with Crippen molar-refractivity contribution in [2.75, 3.05) is 6.61 Å². The fourth-order valence-electron chi connectivity index (χ4n) is 3.06. The monoisotopic (exact) mass is 390 g/mol. The van der Waals surface area contributed by atoms with Crippen LogP contribution in [0, 0.1) is 5.82 Å². The molecular formula is C24H19FO4. The minimum absolute atomic E-state index is 0.0871. The molecule has 0 saturated heterocycles. The number of hydrogen-bond donors (Lipinski definition) is 0. The molecule has 0 fully saturated rings. The Bertz CT molecular complexity index is 1090. The number of para-hydroxylation sites is 1. The van der Waals surface area contributed by atoms with Crippen molar-refractivity contribution in [3.63, 3.8) is 0 Å². The van der Waals surface area contributed by atoms with Gasteiger partial charge in [0.25, 0.3) is 0 Å². The Morgan fingerprint density at radius 3 is 2.62 bits per heavy atom. The van der Waals surface area contributed by atoms with E-state index in [2.05, 4.69) is 0 Å². The zero-order valence-electron chi connectivity index (χ0n) is 15.9. The van der Waals surface area contributed by atoms with Crippen LogP contribution in [0.3, 0.4) is 0 Å². The molecule has 0 N–H and O–H groups in total. The summed E-state index contributed by atoms with van der Waals surface area (Å²) in [6.45, 7) is 2.52. The first-order valence-corrected chi connectivity index (χ1v) is 9.32. The van der Waals surface area contributed by atoms with Gasteiger partial charge in [-0.15, -0.1) is 0 Å². The van der Waals surface area contributed by atoms with Gasteiger partial charge in [0, 0.05) is 17.2 Å². The highest BCUT2D eigenvalue weighted by Gasteiger charge is 2.28. The number of carbonyl (C=O) groups is 1. The van der Waals surface area contributed by atoms with Gasteiger partial charge in [-0.1, -0.05) is 36.4 Å². The van der Waals surface area contributed by atoms with E-state index in [1.807, 2.05) is 31.2 Å². The molecule has 0 aromatic heterocycles. The van der Waals surface area contributed by atoms with Gasteiger partial charge in [0.05, 0.1) is 12.2 Å². The Morgan fingerprint density at radius 2 is 1.79 bits per heavy atom. The Morgan fingerprint density at radius 1 is 1.00 bits per heavy atom. The summed E-state index contributed by atoms with van der Waals surface area (Å²) in [6, 6.07) is 18.9. The van der Waals surface area contributed by atoms with E-state index in [0.29, 0.717) is 35.0 Å². The standard InChI is InChI=1S/C24H19FO4/c1-2-27-21-10-6-4-7-16(21)13-23-24(26)19-12-11-18(14-22(19)29-23)28-15-17-8-3-5-9-20(17)25/h3-14H,2,15H2,1H3. The van der Waals surface area contributed by atoms with Crippen LogP contribution in [-0.4, -0.2) is 12.4 Å². The lowest BCUT2D eigenvalue weighted by atomic mass is 10.1.